The maximum atomic E-state index is 12.2. The monoisotopic (exact) mass is 223 g/mol. The zero-order valence-corrected chi connectivity index (χ0v) is 9.69. The number of H-pyrrole nitrogens is 1. The second-order valence-electron chi connectivity index (χ2n) is 4.06. The minimum Gasteiger partial charge on any atom is -0.375 e. The van der Waals surface area contributed by atoms with Crippen LogP contribution in [0.25, 0.3) is 0 Å². The largest absolute Gasteiger partial charge is 0.375 e. The Morgan fingerprint density at radius 1 is 1.75 bits per heavy atom. The standard InChI is InChI=1S/C11H17N3O2/c1-3-9-7-14(4-5-16-9)11(15)10-6-12-13-8(10)2/h6,9H,3-5,7H2,1-2H3,(H,12,13). The topological polar surface area (TPSA) is 58.2 Å². The van der Waals surface area contributed by atoms with Gasteiger partial charge >= 0.3 is 0 Å². The van der Waals surface area contributed by atoms with Gasteiger partial charge in [0.2, 0.25) is 0 Å². The molecular formula is C11H17N3O2. The molecule has 0 aliphatic carbocycles. The van der Waals surface area contributed by atoms with Crippen molar-refractivity contribution in [3.63, 3.8) is 0 Å². The molecule has 1 aromatic rings. The molecule has 2 heterocycles. The van der Waals surface area contributed by atoms with Crippen molar-refractivity contribution in [1.29, 1.82) is 0 Å². The molecule has 5 nitrogen and oxygen atoms in total. The normalized spacial score (nSPS) is 21.1. The summed E-state index contributed by atoms with van der Waals surface area (Å²) in [6.45, 7) is 5.90. The van der Waals surface area contributed by atoms with Crippen LogP contribution in [0, 0.1) is 6.92 Å². The highest BCUT2D eigenvalue weighted by Crippen LogP contribution is 2.13. The lowest BCUT2D eigenvalue weighted by atomic mass is 10.2. The van der Waals surface area contributed by atoms with Crippen molar-refractivity contribution in [2.24, 2.45) is 0 Å². The molecule has 0 radical (unpaired) electrons. The minimum absolute atomic E-state index is 0.0491. The van der Waals surface area contributed by atoms with E-state index in [1.54, 1.807) is 6.20 Å². The van der Waals surface area contributed by atoms with E-state index in [1.165, 1.54) is 0 Å². The number of carbonyl (C=O) groups is 1. The summed E-state index contributed by atoms with van der Waals surface area (Å²) in [5.41, 5.74) is 1.49. The molecule has 1 atom stereocenters. The van der Waals surface area contributed by atoms with Crippen LogP contribution in [-0.2, 0) is 4.74 Å². The fraction of sp³-hybridized carbons (Fsp3) is 0.636. The van der Waals surface area contributed by atoms with Crippen molar-refractivity contribution in [2.45, 2.75) is 26.4 Å². The Balaban J connectivity index is 2.07. The number of carbonyl (C=O) groups excluding carboxylic acids is 1. The highest BCUT2D eigenvalue weighted by molar-refractivity contribution is 5.95. The van der Waals surface area contributed by atoms with Crippen LogP contribution >= 0.6 is 0 Å². The number of aromatic amines is 1. The van der Waals surface area contributed by atoms with Crippen LogP contribution in [0.2, 0.25) is 0 Å². The summed E-state index contributed by atoms with van der Waals surface area (Å²) in [6, 6.07) is 0. The van der Waals surface area contributed by atoms with E-state index in [4.69, 9.17) is 4.74 Å². The number of nitrogens with zero attached hydrogens (tertiary/aromatic N) is 2. The maximum Gasteiger partial charge on any atom is 0.257 e. The van der Waals surface area contributed by atoms with Gasteiger partial charge in [-0.15, -0.1) is 0 Å². The molecule has 2 rings (SSSR count). The third-order valence-electron chi connectivity index (χ3n) is 2.94. The van der Waals surface area contributed by atoms with Crippen molar-refractivity contribution < 1.29 is 9.53 Å². The van der Waals surface area contributed by atoms with E-state index in [0.29, 0.717) is 25.3 Å². The number of aryl methyl sites for hydroxylation is 1. The first kappa shape index (κ1) is 11.1. The third kappa shape index (κ3) is 2.09. The van der Waals surface area contributed by atoms with Crippen molar-refractivity contribution in [3.05, 3.63) is 17.5 Å². The zero-order chi connectivity index (χ0) is 11.5. The van der Waals surface area contributed by atoms with E-state index in [0.717, 1.165) is 12.1 Å². The third-order valence-corrected chi connectivity index (χ3v) is 2.94. The number of hydrogen-bond acceptors (Lipinski definition) is 3. The molecule has 1 aliphatic rings. The van der Waals surface area contributed by atoms with Crippen LogP contribution in [0.3, 0.4) is 0 Å². The van der Waals surface area contributed by atoms with Gasteiger partial charge in [-0.2, -0.15) is 5.10 Å². The van der Waals surface area contributed by atoms with Crippen LogP contribution in [0.1, 0.15) is 29.4 Å². The molecule has 1 amide bonds. The molecule has 1 saturated heterocycles. The molecule has 1 aliphatic heterocycles. The van der Waals surface area contributed by atoms with Gasteiger partial charge in [0, 0.05) is 18.8 Å². The highest BCUT2D eigenvalue weighted by atomic mass is 16.5. The Morgan fingerprint density at radius 3 is 3.19 bits per heavy atom. The number of ether oxygens (including phenoxy) is 1. The Hall–Kier alpha value is -1.36. The molecule has 0 spiro atoms. The van der Waals surface area contributed by atoms with E-state index in [2.05, 4.69) is 17.1 Å². The van der Waals surface area contributed by atoms with Crippen LogP contribution in [0.5, 0.6) is 0 Å². The van der Waals surface area contributed by atoms with Gasteiger partial charge in [0.25, 0.3) is 5.91 Å². The summed E-state index contributed by atoms with van der Waals surface area (Å²) in [6.07, 6.45) is 2.70. The average molecular weight is 223 g/mol. The second kappa shape index (κ2) is 4.65. The number of nitrogens with one attached hydrogen (secondary N) is 1. The van der Waals surface area contributed by atoms with E-state index in [1.807, 2.05) is 11.8 Å². The Kier molecular flexibility index (Phi) is 3.24. The molecule has 1 unspecified atom stereocenters. The van der Waals surface area contributed by atoms with Crippen molar-refractivity contribution in [2.75, 3.05) is 19.7 Å². The van der Waals surface area contributed by atoms with Gasteiger partial charge in [-0.1, -0.05) is 6.92 Å². The molecule has 0 aromatic carbocycles. The van der Waals surface area contributed by atoms with Crippen LogP contribution in [0.15, 0.2) is 6.20 Å². The predicted octanol–water partition coefficient (Wildman–Crippen LogP) is 0.969. The summed E-state index contributed by atoms with van der Waals surface area (Å²) < 4.78 is 5.54. The molecule has 0 saturated carbocycles. The lowest BCUT2D eigenvalue weighted by Crippen LogP contribution is -2.45. The van der Waals surface area contributed by atoms with Crippen molar-refractivity contribution in [1.82, 2.24) is 15.1 Å². The van der Waals surface area contributed by atoms with Gasteiger partial charge in [-0.25, -0.2) is 0 Å². The first-order valence-electron chi connectivity index (χ1n) is 5.63. The highest BCUT2D eigenvalue weighted by Gasteiger charge is 2.25. The molecule has 88 valence electrons. The molecular weight excluding hydrogens is 206 g/mol. The maximum absolute atomic E-state index is 12.2. The first-order chi connectivity index (χ1) is 7.72. The number of rotatable bonds is 2. The van der Waals surface area contributed by atoms with E-state index in [-0.39, 0.29) is 12.0 Å². The van der Waals surface area contributed by atoms with E-state index < -0.39 is 0 Å². The summed E-state index contributed by atoms with van der Waals surface area (Å²) in [5.74, 6) is 0.0491. The van der Waals surface area contributed by atoms with Gasteiger partial charge in [0.1, 0.15) is 0 Å². The van der Waals surface area contributed by atoms with Crippen molar-refractivity contribution in [3.8, 4) is 0 Å². The van der Waals surface area contributed by atoms with Gasteiger partial charge in [-0.3, -0.25) is 9.89 Å². The number of morpholine rings is 1. The Morgan fingerprint density at radius 2 is 2.56 bits per heavy atom. The quantitative estimate of drug-likeness (QED) is 0.812. The molecule has 1 fully saturated rings. The van der Waals surface area contributed by atoms with Crippen molar-refractivity contribution >= 4 is 5.91 Å². The van der Waals surface area contributed by atoms with Crippen LogP contribution < -0.4 is 0 Å². The number of aromatic nitrogens is 2. The Labute approximate surface area is 94.8 Å². The summed E-state index contributed by atoms with van der Waals surface area (Å²) >= 11 is 0. The SMILES string of the molecule is CCC1CN(C(=O)c2cn[nH]c2C)CCO1. The van der Waals surface area contributed by atoms with E-state index in [9.17, 15) is 4.79 Å². The average Bonchev–Trinajstić information content (AvgIpc) is 2.74. The van der Waals surface area contributed by atoms with Crippen LogP contribution in [0.4, 0.5) is 0 Å². The zero-order valence-electron chi connectivity index (χ0n) is 9.69. The van der Waals surface area contributed by atoms with Gasteiger partial charge in [0.15, 0.2) is 0 Å². The van der Waals surface area contributed by atoms with Gasteiger partial charge in [-0.05, 0) is 13.3 Å². The van der Waals surface area contributed by atoms with Crippen LogP contribution in [-0.4, -0.2) is 46.8 Å². The lowest BCUT2D eigenvalue weighted by molar-refractivity contribution is -0.0226. The fourth-order valence-electron chi connectivity index (χ4n) is 1.89. The minimum atomic E-state index is 0.0491. The summed E-state index contributed by atoms with van der Waals surface area (Å²) in [5, 5.41) is 6.66. The van der Waals surface area contributed by atoms with E-state index >= 15 is 0 Å². The number of amides is 1. The van der Waals surface area contributed by atoms with Gasteiger partial charge < -0.3 is 9.64 Å². The summed E-state index contributed by atoms with van der Waals surface area (Å²) in [4.78, 5) is 14.0. The molecule has 1 N–H and O–H groups in total. The Bertz CT molecular complexity index is 375. The lowest BCUT2D eigenvalue weighted by Gasteiger charge is -2.32. The predicted molar refractivity (Wildman–Crippen MR) is 59.3 cm³/mol. The fourth-order valence-corrected chi connectivity index (χ4v) is 1.89. The smallest absolute Gasteiger partial charge is 0.257 e. The molecule has 16 heavy (non-hydrogen) atoms. The molecule has 0 bridgehead atoms. The first-order valence-corrected chi connectivity index (χ1v) is 5.63. The second-order valence-corrected chi connectivity index (χ2v) is 4.06. The van der Waals surface area contributed by atoms with Gasteiger partial charge in [0.05, 0.1) is 24.5 Å². The molecule has 1 aromatic heterocycles. The molecule has 5 heteroatoms. The number of hydrogen-bond donors (Lipinski definition) is 1. The summed E-state index contributed by atoms with van der Waals surface area (Å²) in [7, 11) is 0.